The number of fused-ring (bicyclic) bond motifs is 3. The van der Waals surface area contributed by atoms with E-state index in [2.05, 4.69) is 0 Å². The molecule has 1 N–H and O–H groups in total. The summed E-state index contributed by atoms with van der Waals surface area (Å²) in [7, 11) is 0. The summed E-state index contributed by atoms with van der Waals surface area (Å²) >= 11 is 0. The number of ether oxygens (including phenoxy) is 1. The van der Waals surface area contributed by atoms with Crippen molar-refractivity contribution in [3.05, 3.63) is 29.3 Å². The smallest absolute Gasteiger partial charge is 0.401 e. The first kappa shape index (κ1) is 11.2. The summed E-state index contributed by atoms with van der Waals surface area (Å²) in [6.45, 7) is 0. The maximum Gasteiger partial charge on any atom is 0.401 e. The average molecular weight is 266 g/mol. The molecule has 19 heavy (non-hydrogen) atoms. The zero-order chi connectivity index (χ0) is 13.4. The highest BCUT2D eigenvalue weighted by atomic mass is 19.3. The van der Waals surface area contributed by atoms with Gasteiger partial charge in [-0.3, -0.25) is 4.79 Å². The summed E-state index contributed by atoms with van der Waals surface area (Å²) in [6.07, 6.45) is -1.55. The Morgan fingerprint density at radius 3 is 2.74 bits per heavy atom. The molecule has 5 heteroatoms. The van der Waals surface area contributed by atoms with E-state index in [4.69, 9.17) is 4.74 Å². The lowest BCUT2D eigenvalue weighted by Crippen LogP contribution is -2.31. The van der Waals surface area contributed by atoms with Crippen molar-refractivity contribution in [2.45, 2.75) is 36.7 Å². The predicted octanol–water partition coefficient (Wildman–Crippen LogP) is 2.89. The van der Waals surface area contributed by atoms with Gasteiger partial charge in [-0.2, -0.15) is 8.78 Å². The number of aliphatic carboxylic acids is 1. The Balaban J connectivity index is 1.77. The lowest BCUT2D eigenvalue weighted by molar-refractivity contribution is -0.198. The molecule has 4 rings (SSSR count). The second kappa shape index (κ2) is 3.08. The third-order valence-corrected chi connectivity index (χ3v) is 4.59. The quantitative estimate of drug-likeness (QED) is 0.895. The Hall–Kier alpha value is -1.65. The van der Waals surface area contributed by atoms with Gasteiger partial charge in [-0.25, -0.2) is 0 Å². The van der Waals surface area contributed by atoms with Crippen LogP contribution in [0.1, 0.15) is 36.3 Å². The van der Waals surface area contributed by atoms with Gasteiger partial charge in [0.2, 0.25) is 0 Å². The van der Waals surface area contributed by atoms with E-state index in [1.807, 2.05) is 0 Å². The molecule has 0 bridgehead atoms. The van der Waals surface area contributed by atoms with E-state index in [0.717, 1.165) is 5.56 Å². The summed E-state index contributed by atoms with van der Waals surface area (Å²) < 4.78 is 32.0. The molecule has 0 saturated heterocycles. The summed E-state index contributed by atoms with van der Waals surface area (Å²) in [5.74, 6) is -1.57. The number of benzene rings is 1. The fourth-order valence-electron chi connectivity index (χ4n) is 3.11. The molecular weight excluding hydrogens is 254 g/mol. The molecule has 0 spiro atoms. The summed E-state index contributed by atoms with van der Waals surface area (Å²) in [5, 5.41) is 9.24. The third-order valence-electron chi connectivity index (χ3n) is 4.59. The van der Waals surface area contributed by atoms with Gasteiger partial charge in [-0.05, 0) is 36.5 Å². The van der Waals surface area contributed by atoms with Gasteiger partial charge in [0.1, 0.15) is 5.75 Å². The zero-order valence-electron chi connectivity index (χ0n) is 10.0. The van der Waals surface area contributed by atoms with Crippen LogP contribution in [-0.2, 0) is 10.2 Å². The fourth-order valence-corrected chi connectivity index (χ4v) is 3.11. The molecule has 100 valence electrons. The van der Waals surface area contributed by atoms with Gasteiger partial charge < -0.3 is 9.84 Å². The van der Waals surface area contributed by atoms with Crippen molar-refractivity contribution in [2.24, 2.45) is 5.92 Å². The minimum atomic E-state index is -3.11. The van der Waals surface area contributed by atoms with Gasteiger partial charge in [0.25, 0.3) is 0 Å². The predicted molar refractivity (Wildman–Crippen MR) is 61.4 cm³/mol. The molecular formula is C14H12F2O3. The van der Waals surface area contributed by atoms with Gasteiger partial charge in [-0.1, -0.05) is 12.1 Å². The topological polar surface area (TPSA) is 46.5 Å². The Morgan fingerprint density at radius 2 is 2.11 bits per heavy atom. The summed E-state index contributed by atoms with van der Waals surface area (Å²) in [6, 6.07) is 5.01. The van der Waals surface area contributed by atoms with Crippen LogP contribution in [0.4, 0.5) is 8.78 Å². The third kappa shape index (κ3) is 1.38. The van der Waals surface area contributed by atoms with Gasteiger partial charge in [-0.15, -0.1) is 0 Å². The van der Waals surface area contributed by atoms with Crippen molar-refractivity contribution < 1.29 is 23.4 Å². The minimum Gasteiger partial charge on any atom is -0.481 e. The molecule has 2 unspecified atom stereocenters. The van der Waals surface area contributed by atoms with Crippen molar-refractivity contribution in [1.82, 2.24) is 0 Å². The van der Waals surface area contributed by atoms with Crippen molar-refractivity contribution in [3.63, 3.8) is 0 Å². The van der Waals surface area contributed by atoms with Crippen LogP contribution in [-0.4, -0.2) is 17.2 Å². The Labute approximate surface area is 108 Å². The number of carboxylic acid groups (broad SMARTS) is 1. The van der Waals surface area contributed by atoms with Gasteiger partial charge in [0.05, 0.1) is 11.3 Å². The van der Waals surface area contributed by atoms with E-state index in [0.29, 0.717) is 24.8 Å². The van der Waals surface area contributed by atoms with Gasteiger partial charge in [0, 0.05) is 5.92 Å². The van der Waals surface area contributed by atoms with Crippen LogP contribution >= 0.6 is 0 Å². The van der Waals surface area contributed by atoms with E-state index in [1.165, 1.54) is 6.07 Å². The first-order valence-corrected chi connectivity index (χ1v) is 6.39. The Bertz CT molecular complexity index is 592. The molecule has 0 aromatic heterocycles. The van der Waals surface area contributed by atoms with Crippen LogP contribution in [0.3, 0.4) is 0 Å². The number of hydrogen-bond acceptors (Lipinski definition) is 2. The standard InChI is InChI=1S/C14H12F2O3/c15-14(16)10-6-9(10)8-2-1-7(5-11(8)19-14)13(3-4-13)12(17)18/h1-2,5,9-10H,3-4,6H2,(H,17,18). The van der Waals surface area contributed by atoms with E-state index >= 15 is 0 Å². The fraction of sp³-hybridized carbons (Fsp3) is 0.500. The minimum absolute atomic E-state index is 0.132. The number of carbonyl (C=O) groups is 1. The number of rotatable bonds is 2. The molecule has 1 aromatic carbocycles. The molecule has 0 amide bonds. The largest absolute Gasteiger partial charge is 0.481 e. The van der Waals surface area contributed by atoms with Crippen molar-refractivity contribution in [3.8, 4) is 5.75 Å². The molecule has 1 heterocycles. The van der Waals surface area contributed by atoms with Gasteiger partial charge >= 0.3 is 12.1 Å². The molecule has 2 fully saturated rings. The lowest BCUT2D eigenvalue weighted by Gasteiger charge is -2.26. The van der Waals surface area contributed by atoms with Gasteiger partial charge in [0.15, 0.2) is 0 Å². The van der Waals surface area contributed by atoms with Crippen molar-refractivity contribution in [2.75, 3.05) is 0 Å². The van der Waals surface area contributed by atoms with Crippen LogP contribution in [0.15, 0.2) is 18.2 Å². The number of carboxylic acids is 1. The number of alkyl halides is 2. The lowest BCUT2D eigenvalue weighted by atomic mass is 9.93. The molecule has 0 radical (unpaired) electrons. The highest BCUT2D eigenvalue weighted by Crippen LogP contribution is 2.62. The maximum absolute atomic E-state index is 13.6. The first-order chi connectivity index (χ1) is 8.94. The number of halogens is 2. The Morgan fingerprint density at radius 1 is 1.37 bits per heavy atom. The van der Waals surface area contributed by atoms with Crippen LogP contribution in [0.5, 0.6) is 5.75 Å². The molecule has 3 aliphatic rings. The van der Waals surface area contributed by atoms with Crippen LogP contribution in [0, 0.1) is 5.92 Å². The molecule has 2 saturated carbocycles. The molecule has 2 aliphatic carbocycles. The normalized spacial score (nSPS) is 31.7. The maximum atomic E-state index is 13.6. The highest BCUT2D eigenvalue weighted by molar-refractivity contribution is 5.85. The van der Waals surface area contributed by atoms with Crippen LogP contribution in [0.25, 0.3) is 0 Å². The second-order valence-electron chi connectivity index (χ2n) is 5.75. The van der Waals surface area contributed by atoms with Crippen molar-refractivity contribution in [1.29, 1.82) is 0 Å². The molecule has 1 aliphatic heterocycles. The highest BCUT2D eigenvalue weighted by Gasteiger charge is 2.62. The van der Waals surface area contributed by atoms with E-state index < -0.39 is 23.4 Å². The monoisotopic (exact) mass is 266 g/mol. The molecule has 2 atom stereocenters. The van der Waals surface area contributed by atoms with Crippen LogP contribution < -0.4 is 4.74 Å². The van der Waals surface area contributed by atoms with E-state index in [1.54, 1.807) is 12.1 Å². The average Bonchev–Trinajstić information content (AvgIpc) is 3.21. The molecule has 1 aromatic rings. The molecule has 3 nitrogen and oxygen atoms in total. The summed E-state index contributed by atoms with van der Waals surface area (Å²) in [5.41, 5.74) is 0.489. The van der Waals surface area contributed by atoms with Crippen LogP contribution in [0.2, 0.25) is 0 Å². The first-order valence-electron chi connectivity index (χ1n) is 6.39. The Kier molecular flexibility index (Phi) is 1.82. The van der Waals surface area contributed by atoms with E-state index in [9.17, 15) is 18.7 Å². The second-order valence-corrected chi connectivity index (χ2v) is 5.75. The van der Waals surface area contributed by atoms with E-state index in [-0.39, 0.29) is 11.7 Å². The van der Waals surface area contributed by atoms with Crippen molar-refractivity contribution >= 4 is 5.97 Å². The number of hydrogen-bond donors (Lipinski definition) is 1. The zero-order valence-corrected chi connectivity index (χ0v) is 10.0. The summed E-state index contributed by atoms with van der Waals surface area (Å²) in [4.78, 5) is 11.3. The SMILES string of the molecule is O=C(O)C1(c2ccc3c(c2)OC(F)(F)C2CC32)CC1.